The second-order valence-electron chi connectivity index (χ2n) is 5.93. The van der Waals surface area contributed by atoms with E-state index in [1.807, 2.05) is 6.92 Å². The monoisotopic (exact) mass is 475 g/mol. The largest absolute Gasteiger partial charge is 1.00 e. The van der Waals surface area contributed by atoms with Crippen LogP contribution in [0.15, 0.2) is 5.38 Å². The zero-order valence-electron chi connectivity index (χ0n) is 17.5. The number of aromatic nitrogens is 1. The van der Waals surface area contributed by atoms with Crippen LogP contribution in [0.4, 0.5) is 5.13 Å². The fourth-order valence-electron chi connectivity index (χ4n) is 2.49. The standard InChI is InChI=1S/C14H21N5O8S2.Na.H/c1-3-4-5-27-18-8(7-6-28-14(15)16-7)11(20)17-9-10(13(22)26-2)19(12(9)21)29(23,24)25;;/h6,8-10,18H,3-5H2,1-2H3,(H2,15,16)(H,17,20)(H,23,24,25);;/q;+1;-1. The number of thiazole rings is 1. The number of rotatable bonds is 10. The molecule has 3 unspecified atom stereocenters. The van der Waals surface area contributed by atoms with E-state index in [1.54, 1.807) is 0 Å². The molecule has 5 N–H and O–H groups in total. The van der Waals surface area contributed by atoms with Gasteiger partial charge in [0.2, 0.25) is 5.91 Å². The number of methoxy groups -OCH3 is 1. The second-order valence-corrected chi connectivity index (χ2v) is 8.11. The van der Waals surface area contributed by atoms with Crippen LogP contribution in [0.5, 0.6) is 0 Å². The number of unbranched alkanes of at least 4 members (excludes halogenated alkanes) is 1. The Morgan fingerprint density at radius 1 is 1.50 bits per heavy atom. The van der Waals surface area contributed by atoms with E-state index in [1.165, 1.54) is 5.38 Å². The van der Waals surface area contributed by atoms with Crippen LogP contribution in [-0.2, 0) is 34.3 Å². The molecule has 1 aromatic heterocycles. The Bertz CT molecular complexity index is 886. The summed E-state index contributed by atoms with van der Waals surface area (Å²) in [6.07, 6.45) is 1.57. The Labute approximate surface area is 200 Å². The minimum atomic E-state index is -5.01. The molecule has 1 aliphatic rings. The molecule has 0 spiro atoms. The van der Waals surface area contributed by atoms with E-state index in [9.17, 15) is 22.8 Å². The molecule has 1 aromatic rings. The third-order valence-electron chi connectivity index (χ3n) is 3.94. The zero-order chi connectivity index (χ0) is 21.8. The van der Waals surface area contributed by atoms with Gasteiger partial charge < -0.3 is 22.1 Å². The maximum absolute atomic E-state index is 12.7. The van der Waals surface area contributed by atoms with Gasteiger partial charge in [0.05, 0.1) is 19.4 Å². The van der Waals surface area contributed by atoms with Crippen LogP contribution >= 0.6 is 11.3 Å². The predicted octanol–water partition coefficient (Wildman–Crippen LogP) is -4.12. The first-order valence-electron chi connectivity index (χ1n) is 8.38. The topological polar surface area (TPSA) is 190 Å². The van der Waals surface area contributed by atoms with Gasteiger partial charge in [-0.1, -0.05) is 13.3 Å². The molecule has 2 heterocycles. The molecule has 2 amide bonds. The molecule has 2 rings (SSSR count). The summed E-state index contributed by atoms with van der Waals surface area (Å²) in [5.74, 6) is -3.15. The first kappa shape index (κ1) is 26.7. The molecule has 16 heteroatoms. The van der Waals surface area contributed by atoms with Crippen molar-refractivity contribution in [3.05, 3.63) is 11.1 Å². The average molecular weight is 475 g/mol. The van der Waals surface area contributed by atoms with E-state index in [0.29, 0.717) is 6.61 Å². The molecular weight excluding hydrogens is 453 g/mol. The molecule has 0 aromatic carbocycles. The Balaban J connectivity index is 0.00000450. The van der Waals surface area contributed by atoms with Gasteiger partial charge >= 0.3 is 45.8 Å². The number of β-lactam (4-membered cyclic amide) rings is 1. The summed E-state index contributed by atoms with van der Waals surface area (Å²) in [7, 11) is -4.05. The molecule has 30 heavy (non-hydrogen) atoms. The van der Waals surface area contributed by atoms with Crippen LogP contribution in [0.1, 0.15) is 32.9 Å². The molecule has 164 valence electrons. The molecule has 1 aliphatic heterocycles. The molecule has 0 bridgehead atoms. The van der Waals surface area contributed by atoms with Gasteiger partial charge in [0.15, 0.2) is 17.2 Å². The number of nitrogens with two attached hydrogens (primary N) is 1. The van der Waals surface area contributed by atoms with Crippen molar-refractivity contribution in [3.8, 4) is 0 Å². The molecular formula is C14H22N5NaO8S2. The summed E-state index contributed by atoms with van der Waals surface area (Å²) in [4.78, 5) is 45.9. The Kier molecular flexibility index (Phi) is 10.1. The van der Waals surface area contributed by atoms with Crippen molar-refractivity contribution in [2.75, 3.05) is 19.5 Å². The van der Waals surface area contributed by atoms with Crippen LogP contribution < -0.4 is 46.1 Å². The number of hydroxylamine groups is 1. The first-order chi connectivity index (χ1) is 13.6. The number of carbonyl (C=O) groups is 3. The van der Waals surface area contributed by atoms with Gasteiger partial charge in [-0.25, -0.2) is 9.78 Å². The van der Waals surface area contributed by atoms with Crippen LogP contribution in [0, 0.1) is 0 Å². The third-order valence-corrected chi connectivity index (χ3v) is 5.54. The van der Waals surface area contributed by atoms with Crippen molar-refractivity contribution in [1.29, 1.82) is 0 Å². The van der Waals surface area contributed by atoms with E-state index in [4.69, 9.17) is 15.1 Å². The van der Waals surface area contributed by atoms with E-state index >= 15 is 0 Å². The molecule has 13 nitrogen and oxygen atoms in total. The molecule has 0 radical (unpaired) electrons. The number of ether oxygens (including phenoxy) is 1. The summed E-state index contributed by atoms with van der Waals surface area (Å²) in [5.41, 5.74) is 8.31. The van der Waals surface area contributed by atoms with Gasteiger partial charge in [0.25, 0.3) is 5.91 Å². The maximum Gasteiger partial charge on any atom is 1.00 e. The second kappa shape index (κ2) is 11.3. The number of amides is 2. The summed E-state index contributed by atoms with van der Waals surface area (Å²) in [6.45, 7) is 2.24. The Morgan fingerprint density at radius 3 is 2.67 bits per heavy atom. The minimum absolute atomic E-state index is 0. The first-order valence-corrected chi connectivity index (χ1v) is 10.7. The number of esters is 1. The average Bonchev–Trinajstić information content (AvgIpc) is 3.07. The number of anilines is 1. The Morgan fingerprint density at radius 2 is 2.17 bits per heavy atom. The summed E-state index contributed by atoms with van der Waals surface area (Å²) in [5, 5.41) is 3.95. The van der Waals surface area contributed by atoms with Crippen molar-refractivity contribution in [2.45, 2.75) is 37.9 Å². The van der Waals surface area contributed by atoms with Crippen molar-refractivity contribution in [3.63, 3.8) is 0 Å². The normalized spacial score (nSPS) is 19.4. The molecule has 1 saturated heterocycles. The van der Waals surface area contributed by atoms with Crippen LogP contribution in [-0.4, -0.2) is 65.8 Å². The summed E-state index contributed by atoms with van der Waals surface area (Å²) >= 11 is 1.08. The molecule has 0 aliphatic carbocycles. The van der Waals surface area contributed by atoms with Gasteiger partial charge in [0.1, 0.15) is 6.04 Å². The summed E-state index contributed by atoms with van der Waals surface area (Å²) in [6, 6.07) is -4.49. The van der Waals surface area contributed by atoms with Gasteiger partial charge in [-0.05, 0) is 6.42 Å². The Hall–Kier alpha value is -1.33. The van der Waals surface area contributed by atoms with Gasteiger partial charge in [-0.15, -0.1) is 11.3 Å². The van der Waals surface area contributed by atoms with E-state index < -0.39 is 46.2 Å². The van der Waals surface area contributed by atoms with Gasteiger partial charge in [0, 0.05) is 5.38 Å². The third kappa shape index (κ3) is 6.10. The SMILES string of the molecule is CCCCONC(C(=O)NC1C(=O)N(S(=O)(=O)O)C1C(=O)OC)c1csc(N)n1.[H-].[Na+]. The smallest absolute Gasteiger partial charge is 1.00 e. The van der Waals surface area contributed by atoms with Crippen molar-refractivity contribution < 1.29 is 67.9 Å². The van der Waals surface area contributed by atoms with E-state index in [-0.39, 0.29) is 46.1 Å². The van der Waals surface area contributed by atoms with Crippen molar-refractivity contribution in [1.82, 2.24) is 20.1 Å². The number of nitrogens with zero attached hydrogens (tertiary/aromatic N) is 2. The zero-order valence-corrected chi connectivity index (χ0v) is 20.2. The number of nitrogen functional groups attached to an aromatic ring is 1. The van der Waals surface area contributed by atoms with E-state index in [0.717, 1.165) is 31.3 Å². The van der Waals surface area contributed by atoms with Crippen molar-refractivity contribution in [2.24, 2.45) is 0 Å². The fraction of sp³-hybridized carbons (Fsp3) is 0.571. The summed E-state index contributed by atoms with van der Waals surface area (Å²) < 4.78 is 36.2. The number of hydrogen-bond donors (Lipinski definition) is 4. The number of carbonyl (C=O) groups excluding carboxylic acids is 3. The molecule has 0 saturated carbocycles. The molecule has 1 fully saturated rings. The number of nitrogens with one attached hydrogen (secondary N) is 2. The van der Waals surface area contributed by atoms with Crippen molar-refractivity contribution >= 4 is 44.6 Å². The fourth-order valence-corrected chi connectivity index (χ4v) is 3.91. The van der Waals surface area contributed by atoms with Crippen LogP contribution in [0.3, 0.4) is 0 Å². The minimum Gasteiger partial charge on any atom is -1.00 e. The van der Waals surface area contributed by atoms with E-state index in [2.05, 4.69) is 20.5 Å². The quantitative estimate of drug-likeness (QED) is 0.0642. The molecule has 3 atom stereocenters. The van der Waals surface area contributed by atoms with Crippen LogP contribution in [0.2, 0.25) is 0 Å². The van der Waals surface area contributed by atoms with Gasteiger partial charge in [-0.2, -0.15) is 18.2 Å². The van der Waals surface area contributed by atoms with Crippen LogP contribution in [0.25, 0.3) is 0 Å². The predicted molar refractivity (Wildman–Crippen MR) is 101 cm³/mol. The maximum atomic E-state index is 12.7. The number of hydrogen-bond acceptors (Lipinski definition) is 11. The van der Waals surface area contributed by atoms with Gasteiger partial charge in [-0.3, -0.25) is 14.1 Å².